The second kappa shape index (κ2) is 12.4. The monoisotopic (exact) mass is 250 g/mol. The van der Waals surface area contributed by atoms with Crippen LogP contribution in [0.2, 0.25) is 0 Å². The van der Waals surface area contributed by atoms with Crippen molar-refractivity contribution in [3.05, 3.63) is 0 Å². The lowest BCUT2D eigenvalue weighted by atomic mass is 10.1. The first-order valence-corrected chi connectivity index (χ1v) is 6.67. The third-order valence-corrected chi connectivity index (χ3v) is 2.63. The average molecular weight is 251 g/mol. The number of hydrogen-bond acceptors (Lipinski definition) is 1. The summed E-state index contributed by atoms with van der Waals surface area (Å²) in [7, 11) is 0. The highest BCUT2D eigenvalue weighted by Gasteiger charge is 1.90. The standard InChI is InChI=1S/C11H23BrO/c1-2-3-4-5-6-7-10-13-11-8-9-12/h2-11H2,1H3. The summed E-state index contributed by atoms with van der Waals surface area (Å²) in [4.78, 5) is 0. The summed E-state index contributed by atoms with van der Waals surface area (Å²) in [6.07, 6.45) is 9.23. The van der Waals surface area contributed by atoms with Gasteiger partial charge in [0.15, 0.2) is 0 Å². The second-order valence-corrected chi connectivity index (χ2v) is 4.22. The Morgan fingerprint density at radius 3 is 2.15 bits per heavy atom. The van der Waals surface area contributed by atoms with Crippen LogP contribution in [0.4, 0.5) is 0 Å². The first kappa shape index (κ1) is 13.4. The highest BCUT2D eigenvalue weighted by molar-refractivity contribution is 9.09. The molecule has 13 heavy (non-hydrogen) atoms. The molecule has 0 saturated carbocycles. The molecule has 2 heteroatoms. The third-order valence-electron chi connectivity index (χ3n) is 2.06. The van der Waals surface area contributed by atoms with Gasteiger partial charge in [-0.2, -0.15) is 0 Å². The van der Waals surface area contributed by atoms with Crippen molar-refractivity contribution >= 4 is 15.9 Å². The summed E-state index contributed by atoms with van der Waals surface area (Å²) in [5.74, 6) is 0. The van der Waals surface area contributed by atoms with Crippen molar-refractivity contribution in [3.63, 3.8) is 0 Å². The van der Waals surface area contributed by atoms with Crippen LogP contribution >= 0.6 is 15.9 Å². The zero-order valence-corrected chi connectivity index (χ0v) is 10.4. The SMILES string of the molecule is CCCCCCCCOCCCBr. The molecule has 0 aromatic heterocycles. The quantitative estimate of drug-likeness (QED) is 0.418. The van der Waals surface area contributed by atoms with Gasteiger partial charge < -0.3 is 4.74 Å². The summed E-state index contributed by atoms with van der Waals surface area (Å²) in [5.41, 5.74) is 0. The van der Waals surface area contributed by atoms with E-state index in [0.29, 0.717) is 0 Å². The second-order valence-electron chi connectivity index (χ2n) is 3.42. The van der Waals surface area contributed by atoms with Gasteiger partial charge in [-0.05, 0) is 12.8 Å². The highest BCUT2D eigenvalue weighted by atomic mass is 79.9. The summed E-state index contributed by atoms with van der Waals surface area (Å²) in [6, 6.07) is 0. The molecule has 0 radical (unpaired) electrons. The summed E-state index contributed by atoms with van der Waals surface area (Å²) >= 11 is 3.38. The highest BCUT2D eigenvalue weighted by Crippen LogP contribution is 2.04. The van der Waals surface area contributed by atoms with Crippen molar-refractivity contribution in [1.29, 1.82) is 0 Å². The van der Waals surface area contributed by atoms with Gasteiger partial charge in [0, 0.05) is 18.5 Å². The van der Waals surface area contributed by atoms with Gasteiger partial charge in [-0.3, -0.25) is 0 Å². The maximum Gasteiger partial charge on any atom is 0.0474 e. The van der Waals surface area contributed by atoms with Crippen molar-refractivity contribution in [2.45, 2.75) is 51.9 Å². The molecule has 0 aliphatic rings. The van der Waals surface area contributed by atoms with Crippen LogP contribution in [0.1, 0.15) is 51.9 Å². The number of unbranched alkanes of at least 4 members (excludes halogenated alkanes) is 5. The molecule has 0 rings (SSSR count). The first-order valence-electron chi connectivity index (χ1n) is 5.55. The van der Waals surface area contributed by atoms with E-state index < -0.39 is 0 Å². The van der Waals surface area contributed by atoms with Gasteiger partial charge in [0.05, 0.1) is 0 Å². The predicted octanol–water partition coefficient (Wildman–Crippen LogP) is 4.15. The molecule has 0 bridgehead atoms. The molecule has 0 aromatic carbocycles. The summed E-state index contributed by atoms with van der Waals surface area (Å²) < 4.78 is 5.45. The first-order chi connectivity index (χ1) is 6.41. The van der Waals surface area contributed by atoms with Crippen LogP contribution in [0.5, 0.6) is 0 Å². The van der Waals surface area contributed by atoms with Gasteiger partial charge in [0.1, 0.15) is 0 Å². The van der Waals surface area contributed by atoms with E-state index in [-0.39, 0.29) is 0 Å². The smallest absolute Gasteiger partial charge is 0.0474 e. The molecule has 0 atom stereocenters. The Morgan fingerprint density at radius 2 is 1.46 bits per heavy atom. The Balaban J connectivity index is 2.76. The Kier molecular flexibility index (Phi) is 12.9. The van der Waals surface area contributed by atoms with E-state index >= 15 is 0 Å². The van der Waals surface area contributed by atoms with Crippen LogP contribution in [0.3, 0.4) is 0 Å². The van der Waals surface area contributed by atoms with Crippen LogP contribution < -0.4 is 0 Å². The molecule has 0 amide bonds. The molecule has 0 aromatic rings. The number of alkyl halides is 1. The number of rotatable bonds is 10. The maximum atomic E-state index is 5.45. The largest absolute Gasteiger partial charge is 0.381 e. The normalized spacial score (nSPS) is 10.6. The van der Waals surface area contributed by atoms with Crippen LogP contribution in [0.15, 0.2) is 0 Å². The molecule has 80 valence electrons. The summed E-state index contributed by atoms with van der Waals surface area (Å²) in [6.45, 7) is 4.13. The van der Waals surface area contributed by atoms with Crippen LogP contribution in [0, 0.1) is 0 Å². The molecule has 0 fully saturated rings. The minimum Gasteiger partial charge on any atom is -0.381 e. The van der Waals surface area contributed by atoms with Crippen molar-refractivity contribution in [2.75, 3.05) is 18.5 Å². The molecule has 0 unspecified atom stereocenters. The van der Waals surface area contributed by atoms with Crippen LogP contribution in [0.25, 0.3) is 0 Å². The van der Waals surface area contributed by atoms with Crippen LogP contribution in [-0.2, 0) is 4.74 Å². The lowest BCUT2D eigenvalue weighted by Gasteiger charge is -2.02. The van der Waals surface area contributed by atoms with Gasteiger partial charge in [-0.1, -0.05) is 55.0 Å². The molecule has 0 aliphatic carbocycles. The lowest BCUT2D eigenvalue weighted by molar-refractivity contribution is 0.131. The molecule has 0 N–H and O–H groups in total. The Hall–Kier alpha value is 0.440. The van der Waals surface area contributed by atoms with Gasteiger partial charge in [-0.25, -0.2) is 0 Å². The molecule has 0 heterocycles. The fraction of sp³-hybridized carbons (Fsp3) is 1.00. The minimum absolute atomic E-state index is 0.917. The zero-order chi connectivity index (χ0) is 9.78. The molecule has 1 nitrogen and oxygen atoms in total. The Morgan fingerprint density at radius 1 is 0.846 bits per heavy atom. The topological polar surface area (TPSA) is 9.23 Å². The lowest BCUT2D eigenvalue weighted by Crippen LogP contribution is -1.97. The van der Waals surface area contributed by atoms with Gasteiger partial charge >= 0.3 is 0 Å². The van der Waals surface area contributed by atoms with Gasteiger partial charge in [-0.15, -0.1) is 0 Å². The van der Waals surface area contributed by atoms with Gasteiger partial charge in [0.2, 0.25) is 0 Å². The van der Waals surface area contributed by atoms with E-state index in [2.05, 4.69) is 22.9 Å². The molecular formula is C11H23BrO. The van der Waals surface area contributed by atoms with Gasteiger partial charge in [0.25, 0.3) is 0 Å². The Labute approximate surface area is 91.4 Å². The molecule has 0 spiro atoms. The van der Waals surface area contributed by atoms with Crippen molar-refractivity contribution in [1.82, 2.24) is 0 Å². The van der Waals surface area contributed by atoms with Crippen molar-refractivity contribution < 1.29 is 4.74 Å². The number of halogens is 1. The van der Waals surface area contributed by atoms with E-state index in [4.69, 9.17) is 4.74 Å². The minimum atomic E-state index is 0.917. The molecule has 0 saturated heterocycles. The van der Waals surface area contributed by atoms with E-state index in [0.717, 1.165) is 25.0 Å². The van der Waals surface area contributed by atoms with E-state index in [1.165, 1.54) is 38.5 Å². The van der Waals surface area contributed by atoms with E-state index in [1.54, 1.807) is 0 Å². The number of ether oxygens (including phenoxy) is 1. The van der Waals surface area contributed by atoms with Crippen molar-refractivity contribution in [2.24, 2.45) is 0 Å². The summed E-state index contributed by atoms with van der Waals surface area (Å²) in [5, 5.41) is 1.06. The third kappa shape index (κ3) is 12.4. The number of hydrogen-bond donors (Lipinski definition) is 0. The predicted molar refractivity (Wildman–Crippen MR) is 62.6 cm³/mol. The van der Waals surface area contributed by atoms with Crippen molar-refractivity contribution in [3.8, 4) is 0 Å². The fourth-order valence-electron chi connectivity index (χ4n) is 1.24. The van der Waals surface area contributed by atoms with E-state index in [1.807, 2.05) is 0 Å². The fourth-order valence-corrected chi connectivity index (χ4v) is 1.47. The zero-order valence-electron chi connectivity index (χ0n) is 8.86. The van der Waals surface area contributed by atoms with Crippen LogP contribution in [-0.4, -0.2) is 18.5 Å². The van der Waals surface area contributed by atoms with E-state index in [9.17, 15) is 0 Å². The maximum absolute atomic E-state index is 5.45. The average Bonchev–Trinajstić information content (AvgIpc) is 2.16. The molecular weight excluding hydrogens is 228 g/mol. The Bertz CT molecular complexity index is 76.2. The molecule has 0 aliphatic heterocycles.